The molecule has 1 aliphatic heterocycles. The first-order chi connectivity index (χ1) is 14.8. The minimum Gasteiger partial charge on any atom is -0.350 e. The molecule has 0 radical (unpaired) electrons. The lowest BCUT2D eigenvalue weighted by atomic mass is 10.1. The molecule has 1 N–H and O–H groups in total. The van der Waals surface area contributed by atoms with Crippen molar-refractivity contribution in [1.29, 1.82) is 0 Å². The van der Waals surface area contributed by atoms with Crippen LogP contribution >= 0.6 is 11.8 Å². The van der Waals surface area contributed by atoms with Gasteiger partial charge in [-0.3, -0.25) is 9.59 Å². The molecule has 0 atom stereocenters. The number of thioether (sulfide) groups is 1. The molecule has 5 heteroatoms. The molecular formula is C26H24N2O2S. The molecule has 3 aromatic carbocycles. The van der Waals surface area contributed by atoms with E-state index in [-0.39, 0.29) is 11.8 Å². The molecule has 0 saturated carbocycles. The number of imide groups is 1. The van der Waals surface area contributed by atoms with Crippen molar-refractivity contribution in [2.75, 3.05) is 10.2 Å². The summed E-state index contributed by atoms with van der Waals surface area (Å²) in [6.45, 7) is 7.88. The Labute approximate surface area is 187 Å². The lowest BCUT2D eigenvalue weighted by Gasteiger charge is -2.18. The predicted octanol–water partition coefficient (Wildman–Crippen LogP) is 5.91. The third kappa shape index (κ3) is 4.14. The Balaban J connectivity index is 1.79. The minimum absolute atomic E-state index is 0.306. The second-order valence-corrected chi connectivity index (χ2v) is 8.88. The van der Waals surface area contributed by atoms with Crippen molar-refractivity contribution in [1.82, 2.24) is 0 Å². The Kier molecular flexibility index (Phi) is 5.70. The molecule has 0 unspecified atom stereocenters. The molecule has 4 rings (SSSR count). The lowest BCUT2D eigenvalue weighted by molar-refractivity contribution is -0.120. The SMILES string of the molecule is Cc1ccc(NC2=C(Sc3ccccc3)C(=O)N(c3cc(C)ccc3C)C2=O)c(C)c1. The highest BCUT2D eigenvalue weighted by atomic mass is 32.2. The van der Waals surface area contributed by atoms with Gasteiger partial charge in [0.05, 0.1) is 5.69 Å². The van der Waals surface area contributed by atoms with E-state index in [4.69, 9.17) is 0 Å². The molecule has 2 amide bonds. The molecule has 0 aromatic heterocycles. The van der Waals surface area contributed by atoms with Crippen LogP contribution in [0.3, 0.4) is 0 Å². The van der Waals surface area contributed by atoms with Gasteiger partial charge in [-0.2, -0.15) is 0 Å². The summed E-state index contributed by atoms with van der Waals surface area (Å²) in [5.74, 6) is -0.642. The number of anilines is 2. The largest absolute Gasteiger partial charge is 0.350 e. The highest BCUT2D eigenvalue weighted by molar-refractivity contribution is 8.04. The summed E-state index contributed by atoms with van der Waals surface area (Å²) in [6, 6.07) is 21.4. The number of aryl methyl sites for hydroxylation is 4. The molecule has 1 heterocycles. The van der Waals surface area contributed by atoms with Crippen molar-refractivity contribution in [3.8, 4) is 0 Å². The van der Waals surface area contributed by atoms with Gasteiger partial charge in [-0.15, -0.1) is 0 Å². The van der Waals surface area contributed by atoms with Crippen LogP contribution in [-0.2, 0) is 9.59 Å². The number of nitrogens with one attached hydrogen (secondary N) is 1. The van der Waals surface area contributed by atoms with E-state index >= 15 is 0 Å². The number of hydrogen-bond donors (Lipinski definition) is 1. The topological polar surface area (TPSA) is 49.4 Å². The second-order valence-electron chi connectivity index (χ2n) is 7.80. The van der Waals surface area contributed by atoms with Crippen LogP contribution in [0.15, 0.2) is 82.2 Å². The van der Waals surface area contributed by atoms with E-state index in [1.807, 2.05) is 88.4 Å². The number of nitrogens with zero attached hydrogens (tertiary/aromatic N) is 1. The zero-order chi connectivity index (χ0) is 22.1. The predicted molar refractivity (Wildman–Crippen MR) is 127 cm³/mol. The molecule has 0 saturated heterocycles. The fourth-order valence-corrected chi connectivity index (χ4v) is 4.54. The number of rotatable bonds is 5. The van der Waals surface area contributed by atoms with Gasteiger partial charge in [0.25, 0.3) is 11.8 Å². The van der Waals surface area contributed by atoms with Gasteiger partial charge in [0.2, 0.25) is 0 Å². The van der Waals surface area contributed by atoms with Crippen molar-refractivity contribution in [2.45, 2.75) is 32.6 Å². The van der Waals surface area contributed by atoms with Crippen molar-refractivity contribution in [3.63, 3.8) is 0 Å². The van der Waals surface area contributed by atoms with Crippen molar-refractivity contribution in [2.24, 2.45) is 0 Å². The van der Waals surface area contributed by atoms with Crippen LogP contribution in [0.5, 0.6) is 0 Å². The van der Waals surface area contributed by atoms with E-state index in [1.54, 1.807) is 0 Å². The Bertz CT molecular complexity index is 1220. The van der Waals surface area contributed by atoms with E-state index in [9.17, 15) is 9.59 Å². The highest BCUT2D eigenvalue weighted by Gasteiger charge is 2.41. The van der Waals surface area contributed by atoms with Crippen LogP contribution in [0, 0.1) is 27.7 Å². The molecule has 31 heavy (non-hydrogen) atoms. The summed E-state index contributed by atoms with van der Waals surface area (Å²) in [7, 11) is 0. The first kappa shape index (κ1) is 20.9. The normalized spacial score (nSPS) is 13.9. The third-order valence-corrected chi connectivity index (χ3v) is 6.34. The standard InChI is InChI=1S/C26H24N2O2S/c1-16-11-13-21(19(4)14-16)27-23-24(31-20-8-6-5-7-9-20)26(30)28(25(23)29)22-15-17(2)10-12-18(22)3/h5-15,27H,1-4H3. The first-order valence-corrected chi connectivity index (χ1v) is 10.9. The van der Waals surface area contributed by atoms with Crippen LogP contribution in [0.2, 0.25) is 0 Å². The summed E-state index contributed by atoms with van der Waals surface area (Å²) in [5, 5.41) is 3.27. The quantitative estimate of drug-likeness (QED) is 0.513. The van der Waals surface area contributed by atoms with Crippen molar-refractivity contribution < 1.29 is 9.59 Å². The molecule has 3 aromatic rings. The summed E-state index contributed by atoms with van der Waals surface area (Å²) in [6.07, 6.45) is 0. The molecule has 0 spiro atoms. The number of amides is 2. The summed E-state index contributed by atoms with van der Waals surface area (Å²) < 4.78 is 0. The highest BCUT2D eigenvalue weighted by Crippen LogP contribution is 2.39. The number of benzene rings is 3. The maximum absolute atomic E-state index is 13.5. The van der Waals surface area contributed by atoms with E-state index in [2.05, 4.69) is 11.4 Å². The van der Waals surface area contributed by atoms with Crippen LogP contribution in [-0.4, -0.2) is 11.8 Å². The van der Waals surface area contributed by atoms with Crippen molar-refractivity contribution >= 4 is 35.0 Å². The Hall–Kier alpha value is -3.31. The average Bonchev–Trinajstić information content (AvgIpc) is 2.96. The molecular weight excluding hydrogens is 404 g/mol. The van der Waals surface area contributed by atoms with Gasteiger partial charge in [-0.1, -0.05) is 59.8 Å². The smallest absolute Gasteiger partial charge is 0.283 e. The number of hydrogen-bond acceptors (Lipinski definition) is 4. The van der Waals surface area contributed by atoms with Gasteiger partial charge in [0.15, 0.2) is 0 Å². The second kappa shape index (κ2) is 8.44. The van der Waals surface area contributed by atoms with E-state index in [1.165, 1.54) is 16.7 Å². The lowest BCUT2D eigenvalue weighted by Crippen LogP contribution is -2.33. The van der Waals surface area contributed by atoms with Crippen LogP contribution in [0.4, 0.5) is 11.4 Å². The van der Waals surface area contributed by atoms with Gasteiger partial charge in [0.1, 0.15) is 10.6 Å². The van der Waals surface area contributed by atoms with Crippen LogP contribution in [0.25, 0.3) is 0 Å². The molecule has 4 nitrogen and oxygen atoms in total. The van der Waals surface area contributed by atoms with Gasteiger partial charge in [-0.05, 0) is 68.7 Å². The first-order valence-electron chi connectivity index (χ1n) is 10.1. The van der Waals surface area contributed by atoms with Gasteiger partial charge < -0.3 is 5.32 Å². The molecule has 0 fully saturated rings. The molecule has 0 aliphatic carbocycles. The van der Waals surface area contributed by atoms with E-state index < -0.39 is 0 Å². The van der Waals surface area contributed by atoms with Crippen LogP contribution in [0.1, 0.15) is 22.3 Å². The molecule has 1 aliphatic rings. The monoisotopic (exact) mass is 428 g/mol. The Morgan fingerprint density at radius 3 is 2.13 bits per heavy atom. The third-order valence-electron chi connectivity index (χ3n) is 5.25. The summed E-state index contributed by atoms with van der Waals surface area (Å²) >= 11 is 1.31. The van der Waals surface area contributed by atoms with E-state index in [0.29, 0.717) is 16.3 Å². The van der Waals surface area contributed by atoms with Gasteiger partial charge >= 0.3 is 0 Å². The fourth-order valence-electron chi connectivity index (χ4n) is 3.59. The summed E-state index contributed by atoms with van der Waals surface area (Å²) in [5.41, 5.74) is 5.78. The zero-order valence-corrected chi connectivity index (χ0v) is 18.8. The maximum atomic E-state index is 13.5. The zero-order valence-electron chi connectivity index (χ0n) is 18.0. The van der Waals surface area contributed by atoms with E-state index in [0.717, 1.165) is 32.8 Å². The fraction of sp³-hybridized carbons (Fsp3) is 0.154. The van der Waals surface area contributed by atoms with Crippen LogP contribution < -0.4 is 10.2 Å². The number of carbonyl (C=O) groups is 2. The maximum Gasteiger partial charge on any atom is 0.283 e. The minimum atomic E-state index is -0.336. The van der Waals surface area contributed by atoms with Crippen molar-refractivity contribution in [3.05, 3.63) is 99.6 Å². The molecule has 156 valence electrons. The molecule has 0 bridgehead atoms. The summed E-state index contributed by atoms with van der Waals surface area (Å²) in [4.78, 5) is 29.6. The number of carbonyl (C=O) groups excluding carboxylic acids is 2. The average molecular weight is 429 g/mol. The Morgan fingerprint density at radius 2 is 1.42 bits per heavy atom. The Morgan fingerprint density at radius 1 is 0.742 bits per heavy atom. The van der Waals surface area contributed by atoms with Gasteiger partial charge in [0, 0.05) is 10.6 Å². The van der Waals surface area contributed by atoms with Gasteiger partial charge in [-0.25, -0.2) is 4.90 Å².